The van der Waals surface area contributed by atoms with E-state index >= 15 is 0 Å². The van der Waals surface area contributed by atoms with Crippen LogP contribution in [0.25, 0.3) is 0 Å². The van der Waals surface area contributed by atoms with E-state index in [0.29, 0.717) is 12.3 Å². The average Bonchev–Trinajstić information content (AvgIpc) is 2.69. The largest absolute Gasteiger partial charge is 0.356 e. The Labute approximate surface area is 111 Å². The van der Waals surface area contributed by atoms with Crippen molar-refractivity contribution in [2.75, 3.05) is 6.54 Å². The third kappa shape index (κ3) is 3.96. The van der Waals surface area contributed by atoms with Crippen molar-refractivity contribution in [3.8, 4) is 0 Å². The molecule has 1 aliphatic rings. The van der Waals surface area contributed by atoms with Crippen molar-refractivity contribution in [2.24, 2.45) is 5.92 Å². The molecule has 3 nitrogen and oxygen atoms in total. The van der Waals surface area contributed by atoms with Gasteiger partial charge in [0.15, 0.2) is 0 Å². The van der Waals surface area contributed by atoms with E-state index in [-0.39, 0.29) is 5.91 Å². The van der Waals surface area contributed by atoms with E-state index in [1.54, 1.807) is 0 Å². The van der Waals surface area contributed by atoms with Gasteiger partial charge in [0, 0.05) is 11.9 Å². The summed E-state index contributed by atoms with van der Waals surface area (Å²) in [6.45, 7) is 0.803. The van der Waals surface area contributed by atoms with Crippen LogP contribution in [0.2, 0.25) is 0 Å². The maximum Gasteiger partial charge on any atom is 0.226 e. The van der Waals surface area contributed by atoms with E-state index in [9.17, 15) is 4.79 Å². The van der Waals surface area contributed by atoms with E-state index in [0.717, 1.165) is 29.6 Å². The normalized spacial score (nSPS) is 15.6. The van der Waals surface area contributed by atoms with Crippen LogP contribution in [-0.4, -0.2) is 17.4 Å². The molecule has 17 heavy (non-hydrogen) atoms. The van der Waals surface area contributed by atoms with Gasteiger partial charge in [0.2, 0.25) is 5.91 Å². The summed E-state index contributed by atoms with van der Waals surface area (Å²) >= 11 is 7.16. The molecule has 1 aliphatic carbocycles. The van der Waals surface area contributed by atoms with Gasteiger partial charge in [0.1, 0.15) is 5.01 Å². The first-order chi connectivity index (χ1) is 8.28. The molecule has 94 valence electrons. The minimum absolute atomic E-state index is 0.0693. The van der Waals surface area contributed by atoms with Gasteiger partial charge in [0.25, 0.3) is 0 Å². The van der Waals surface area contributed by atoms with Crippen LogP contribution in [0.3, 0.4) is 0 Å². The van der Waals surface area contributed by atoms with Crippen LogP contribution in [0.4, 0.5) is 0 Å². The lowest BCUT2D eigenvalue weighted by Crippen LogP contribution is -2.28. The van der Waals surface area contributed by atoms with Crippen molar-refractivity contribution in [1.82, 2.24) is 10.3 Å². The highest BCUT2D eigenvalue weighted by atomic mass is 35.5. The first kappa shape index (κ1) is 12.8. The van der Waals surface area contributed by atoms with Crippen LogP contribution >= 0.6 is 22.9 Å². The summed E-state index contributed by atoms with van der Waals surface area (Å²) in [5, 5.41) is 5.71. The molecule has 0 spiro atoms. The second kappa shape index (κ2) is 6.36. The summed E-state index contributed by atoms with van der Waals surface area (Å²) in [6, 6.07) is 0. The van der Waals surface area contributed by atoms with Gasteiger partial charge in [0.05, 0.1) is 18.0 Å². The van der Waals surface area contributed by atoms with Crippen LogP contribution in [0.5, 0.6) is 0 Å². The zero-order valence-electron chi connectivity index (χ0n) is 9.75. The highest BCUT2D eigenvalue weighted by Gasteiger charge is 2.17. The van der Waals surface area contributed by atoms with E-state index in [1.165, 1.54) is 30.6 Å². The molecular formula is C12H17ClN2OS. The fourth-order valence-electron chi connectivity index (χ4n) is 1.89. The van der Waals surface area contributed by atoms with Crippen LogP contribution in [0.1, 0.15) is 36.4 Å². The maximum absolute atomic E-state index is 11.6. The number of nitrogens with zero attached hydrogens (tertiary/aromatic N) is 1. The molecule has 1 amide bonds. The van der Waals surface area contributed by atoms with Gasteiger partial charge in [-0.25, -0.2) is 4.98 Å². The topological polar surface area (TPSA) is 42.0 Å². The van der Waals surface area contributed by atoms with Gasteiger partial charge in [-0.15, -0.1) is 22.9 Å². The van der Waals surface area contributed by atoms with Crippen LogP contribution in [-0.2, 0) is 17.1 Å². The number of alkyl halides is 1. The Morgan fingerprint density at radius 2 is 2.41 bits per heavy atom. The minimum Gasteiger partial charge on any atom is -0.356 e. The van der Waals surface area contributed by atoms with Gasteiger partial charge in [-0.3, -0.25) is 4.79 Å². The molecule has 0 aliphatic heterocycles. The van der Waals surface area contributed by atoms with Crippen molar-refractivity contribution < 1.29 is 4.79 Å². The molecule has 1 aromatic heterocycles. The van der Waals surface area contributed by atoms with E-state index in [2.05, 4.69) is 10.3 Å². The van der Waals surface area contributed by atoms with E-state index < -0.39 is 0 Å². The van der Waals surface area contributed by atoms with Gasteiger partial charge >= 0.3 is 0 Å². The van der Waals surface area contributed by atoms with Crippen molar-refractivity contribution in [1.29, 1.82) is 0 Å². The van der Waals surface area contributed by atoms with Crippen LogP contribution < -0.4 is 5.32 Å². The summed E-state index contributed by atoms with van der Waals surface area (Å²) in [6.07, 6.45) is 5.53. The van der Waals surface area contributed by atoms with Crippen molar-refractivity contribution in [3.63, 3.8) is 0 Å². The lowest BCUT2D eigenvalue weighted by molar-refractivity contribution is -0.120. The van der Waals surface area contributed by atoms with Crippen molar-refractivity contribution in [3.05, 3.63) is 16.1 Å². The number of nitrogens with one attached hydrogen (secondary N) is 1. The second-order valence-corrected chi connectivity index (χ2v) is 5.69. The number of amides is 1. The zero-order valence-corrected chi connectivity index (χ0v) is 11.3. The molecular weight excluding hydrogens is 256 g/mol. The fraction of sp³-hybridized carbons (Fsp3) is 0.667. The number of hydrogen-bond donors (Lipinski definition) is 1. The molecule has 0 aromatic carbocycles. The lowest BCUT2D eigenvalue weighted by Gasteiger charge is -2.25. The third-order valence-corrected chi connectivity index (χ3v) is 4.32. The Bertz CT molecular complexity index is 376. The van der Waals surface area contributed by atoms with Crippen LogP contribution in [0.15, 0.2) is 5.38 Å². The molecule has 0 unspecified atom stereocenters. The summed E-state index contributed by atoms with van der Waals surface area (Å²) in [5.41, 5.74) is 0.855. The number of carbonyl (C=O) groups is 1. The number of hydrogen-bond acceptors (Lipinski definition) is 3. The van der Waals surface area contributed by atoms with Crippen molar-refractivity contribution >= 4 is 28.8 Å². The molecule has 1 N–H and O–H groups in total. The number of carbonyl (C=O) groups excluding carboxylic acids is 1. The van der Waals surface area contributed by atoms with Crippen molar-refractivity contribution in [2.45, 2.75) is 38.0 Å². The average molecular weight is 273 g/mol. The van der Waals surface area contributed by atoms with E-state index in [4.69, 9.17) is 11.6 Å². The molecule has 2 rings (SSSR count). The SMILES string of the molecule is O=C(Cc1nc(CCl)cs1)NCCC1CCC1. The predicted molar refractivity (Wildman–Crippen MR) is 70.3 cm³/mol. The summed E-state index contributed by atoms with van der Waals surface area (Å²) in [7, 11) is 0. The summed E-state index contributed by atoms with van der Waals surface area (Å²) in [4.78, 5) is 15.9. The standard InChI is InChI=1S/C12H17ClN2OS/c13-7-10-8-17-12(15-10)6-11(16)14-5-4-9-2-1-3-9/h8-9H,1-7H2,(H,14,16). The quantitative estimate of drug-likeness (QED) is 0.809. The molecule has 1 aromatic rings. The Balaban J connectivity index is 1.65. The third-order valence-electron chi connectivity index (χ3n) is 3.15. The molecule has 1 saturated carbocycles. The van der Waals surface area contributed by atoms with E-state index in [1.807, 2.05) is 5.38 Å². The zero-order chi connectivity index (χ0) is 12.1. The first-order valence-corrected chi connectivity index (χ1v) is 7.45. The molecule has 0 radical (unpaired) electrons. The number of aromatic nitrogens is 1. The predicted octanol–water partition coefficient (Wildman–Crippen LogP) is 2.73. The Kier molecular flexibility index (Phi) is 4.80. The highest BCUT2D eigenvalue weighted by Crippen LogP contribution is 2.28. The number of rotatable bonds is 6. The molecule has 5 heteroatoms. The molecule has 0 bridgehead atoms. The number of thiazole rings is 1. The molecule has 1 fully saturated rings. The minimum atomic E-state index is 0.0693. The second-order valence-electron chi connectivity index (χ2n) is 4.48. The fourth-order valence-corrected chi connectivity index (χ4v) is 2.91. The first-order valence-electron chi connectivity index (χ1n) is 6.04. The summed E-state index contributed by atoms with van der Waals surface area (Å²) < 4.78 is 0. The van der Waals surface area contributed by atoms with Gasteiger partial charge < -0.3 is 5.32 Å². The van der Waals surface area contributed by atoms with Gasteiger partial charge in [-0.05, 0) is 12.3 Å². The van der Waals surface area contributed by atoms with Gasteiger partial charge in [-0.2, -0.15) is 0 Å². The Morgan fingerprint density at radius 3 is 3.00 bits per heavy atom. The molecule has 0 saturated heterocycles. The Hall–Kier alpha value is -0.610. The monoisotopic (exact) mass is 272 g/mol. The smallest absolute Gasteiger partial charge is 0.226 e. The lowest BCUT2D eigenvalue weighted by atomic mass is 9.83. The highest BCUT2D eigenvalue weighted by molar-refractivity contribution is 7.09. The molecule has 1 heterocycles. The number of halogens is 1. The maximum atomic E-state index is 11.6. The van der Waals surface area contributed by atoms with Gasteiger partial charge in [-0.1, -0.05) is 19.3 Å². The Morgan fingerprint density at radius 1 is 1.59 bits per heavy atom. The summed E-state index contributed by atoms with van der Waals surface area (Å²) in [5.74, 6) is 1.33. The van der Waals surface area contributed by atoms with Crippen LogP contribution in [0, 0.1) is 5.92 Å². The molecule has 0 atom stereocenters.